The Morgan fingerprint density at radius 2 is 1.78 bits per heavy atom. The number of rotatable bonds is 3. The van der Waals surface area contributed by atoms with Crippen LogP contribution in [0, 0.1) is 0 Å². The monoisotopic (exact) mass is 270 g/mol. The van der Waals surface area contributed by atoms with E-state index in [0.29, 0.717) is 31.2 Å². The van der Waals surface area contributed by atoms with E-state index in [4.69, 9.17) is 10.5 Å². The molecular weight excluding hydrogens is 252 g/mol. The lowest BCUT2D eigenvalue weighted by Gasteiger charge is -2.26. The van der Waals surface area contributed by atoms with E-state index in [1.807, 2.05) is 6.92 Å². The van der Waals surface area contributed by atoms with Crippen LogP contribution in [-0.4, -0.2) is 39.0 Å². The van der Waals surface area contributed by atoms with Gasteiger partial charge in [-0.2, -0.15) is 4.31 Å². The van der Waals surface area contributed by atoms with E-state index < -0.39 is 10.0 Å². The molecule has 0 aromatic heterocycles. The molecule has 1 aromatic rings. The summed E-state index contributed by atoms with van der Waals surface area (Å²) in [7, 11) is -3.39. The Balaban J connectivity index is 2.23. The Hall–Kier alpha value is -0.950. The lowest BCUT2D eigenvalue weighted by atomic mass is 10.1. The molecule has 1 aliphatic heterocycles. The highest BCUT2D eigenvalue weighted by molar-refractivity contribution is 7.89. The first-order valence-corrected chi connectivity index (χ1v) is 7.39. The van der Waals surface area contributed by atoms with Crippen LogP contribution in [0.1, 0.15) is 18.5 Å². The molecule has 5 nitrogen and oxygen atoms in total. The minimum Gasteiger partial charge on any atom is -0.379 e. The number of hydrogen-bond donors (Lipinski definition) is 1. The van der Waals surface area contributed by atoms with Crippen molar-refractivity contribution in [3.8, 4) is 0 Å². The summed E-state index contributed by atoms with van der Waals surface area (Å²) in [5, 5.41) is 0. The summed E-state index contributed by atoms with van der Waals surface area (Å²) in [5.41, 5.74) is 6.67. The molecule has 1 heterocycles. The highest BCUT2D eigenvalue weighted by Gasteiger charge is 2.26. The van der Waals surface area contributed by atoms with Crippen molar-refractivity contribution in [3.05, 3.63) is 29.8 Å². The van der Waals surface area contributed by atoms with Crippen molar-refractivity contribution in [3.63, 3.8) is 0 Å². The first-order chi connectivity index (χ1) is 8.51. The van der Waals surface area contributed by atoms with Gasteiger partial charge in [-0.1, -0.05) is 12.1 Å². The number of benzene rings is 1. The molecule has 1 fully saturated rings. The van der Waals surface area contributed by atoms with Gasteiger partial charge in [-0.05, 0) is 24.6 Å². The van der Waals surface area contributed by atoms with Crippen LogP contribution in [-0.2, 0) is 14.8 Å². The summed E-state index contributed by atoms with van der Waals surface area (Å²) in [5.74, 6) is 0. The first-order valence-electron chi connectivity index (χ1n) is 5.95. The Morgan fingerprint density at radius 1 is 1.22 bits per heavy atom. The predicted molar refractivity (Wildman–Crippen MR) is 68.6 cm³/mol. The smallest absolute Gasteiger partial charge is 0.243 e. The Kier molecular flexibility index (Phi) is 4.01. The molecule has 18 heavy (non-hydrogen) atoms. The van der Waals surface area contributed by atoms with Crippen molar-refractivity contribution in [2.75, 3.05) is 26.3 Å². The Labute approximate surface area is 108 Å². The molecule has 0 spiro atoms. The number of hydrogen-bond acceptors (Lipinski definition) is 4. The summed E-state index contributed by atoms with van der Waals surface area (Å²) in [6.45, 7) is 3.61. The topological polar surface area (TPSA) is 72.6 Å². The largest absolute Gasteiger partial charge is 0.379 e. The van der Waals surface area contributed by atoms with Gasteiger partial charge in [-0.25, -0.2) is 8.42 Å². The van der Waals surface area contributed by atoms with Crippen LogP contribution < -0.4 is 5.73 Å². The summed E-state index contributed by atoms with van der Waals surface area (Å²) in [6.07, 6.45) is 0. The molecule has 1 aromatic carbocycles. The summed E-state index contributed by atoms with van der Waals surface area (Å²) >= 11 is 0. The van der Waals surface area contributed by atoms with E-state index in [1.165, 1.54) is 4.31 Å². The van der Waals surface area contributed by atoms with Gasteiger partial charge in [0.15, 0.2) is 0 Å². The molecule has 1 atom stereocenters. The third-order valence-corrected chi connectivity index (χ3v) is 4.93. The second-order valence-corrected chi connectivity index (χ2v) is 6.31. The van der Waals surface area contributed by atoms with E-state index in [1.54, 1.807) is 24.3 Å². The van der Waals surface area contributed by atoms with E-state index in [9.17, 15) is 8.42 Å². The van der Waals surface area contributed by atoms with Gasteiger partial charge in [0.05, 0.1) is 18.1 Å². The highest BCUT2D eigenvalue weighted by Crippen LogP contribution is 2.19. The molecule has 100 valence electrons. The number of nitrogens with zero attached hydrogens (tertiary/aromatic N) is 1. The van der Waals surface area contributed by atoms with Crippen molar-refractivity contribution >= 4 is 10.0 Å². The van der Waals surface area contributed by atoms with Gasteiger partial charge in [0, 0.05) is 19.1 Å². The molecule has 0 radical (unpaired) electrons. The van der Waals surface area contributed by atoms with Gasteiger partial charge in [-0.3, -0.25) is 0 Å². The maximum atomic E-state index is 12.3. The van der Waals surface area contributed by atoms with Gasteiger partial charge >= 0.3 is 0 Å². The van der Waals surface area contributed by atoms with E-state index in [2.05, 4.69) is 0 Å². The zero-order valence-corrected chi connectivity index (χ0v) is 11.2. The maximum absolute atomic E-state index is 12.3. The van der Waals surface area contributed by atoms with Crippen LogP contribution in [0.4, 0.5) is 0 Å². The van der Waals surface area contributed by atoms with Crippen LogP contribution >= 0.6 is 0 Å². The van der Waals surface area contributed by atoms with Crippen molar-refractivity contribution in [2.24, 2.45) is 5.73 Å². The fourth-order valence-corrected chi connectivity index (χ4v) is 3.29. The van der Waals surface area contributed by atoms with Crippen LogP contribution in [0.15, 0.2) is 29.2 Å². The normalized spacial score (nSPS) is 19.7. The van der Waals surface area contributed by atoms with E-state index in [0.717, 1.165) is 5.56 Å². The zero-order valence-electron chi connectivity index (χ0n) is 10.4. The molecule has 0 saturated carbocycles. The molecule has 2 rings (SSSR count). The van der Waals surface area contributed by atoms with Gasteiger partial charge in [-0.15, -0.1) is 0 Å². The lowest BCUT2D eigenvalue weighted by Crippen LogP contribution is -2.40. The first kappa shape index (κ1) is 13.5. The molecule has 1 saturated heterocycles. The molecule has 2 N–H and O–H groups in total. The fourth-order valence-electron chi connectivity index (χ4n) is 1.88. The van der Waals surface area contributed by atoms with Crippen LogP contribution in [0.3, 0.4) is 0 Å². The van der Waals surface area contributed by atoms with Gasteiger partial charge in [0.25, 0.3) is 0 Å². The van der Waals surface area contributed by atoms with Crippen molar-refractivity contribution < 1.29 is 13.2 Å². The van der Waals surface area contributed by atoms with Gasteiger partial charge in [0.1, 0.15) is 0 Å². The predicted octanol–water partition coefficient (Wildman–Crippen LogP) is 0.727. The Bertz CT molecular complexity index is 491. The zero-order chi connectivity index (χ0) is 13.2. The molecule has 1 aliphatic rings. The van der Waals surface area contributed by atoms with E-state index in [-0.39, 0.29) is 6.04 Å². The summed E-state index contributed by atoms with van der Waals surface area (Å²) < 4.78 is 31.2. The second-order valence-electron chi connectivity index (χ2n) is 4.37. The highest BCUT2D eigenvalue weighted by atomic mass is 32.2. The molecule has 6 heteroatoms. The SMILES string of the molecule is CC(N)c1ccc(S(=O)(=O)N2CCOCC2)cc1. The number of nitrogens with two attached hydrogens (primary N) is 1. The second kappa shape index (κ2) is 5.36. The van der Waals surface area contributed by atoms with Crippen LogP contribution in [0.2, 0.25) is 0 Å². The summed E-state index contributed by atoms with van der Waals surface area (Å²) in [6, 6.07) is 6.66. The van der Waals surface area contributed by atoms with Crippen molar-refractivity contribution in [1.29, 1.82) is 0 Å². The quantitative estimate of drug-likeness (QED) is 0.878. The average molecular weight is 270 g/mol. The van der Waals surface area contributed by atoms with Crippen molar-refractivity contribution in [2.45, 2.75) is 17.9 Å². The molecule has 0 bridgehead atoms. The molecule has 1 unspecified atom stereocenters. The van der Waals surface area contributed by atoms with Crippen molar-refractivity contribution in [1.82, 2.24) is 4.31 Å². The standard InChI is InChI=1S/C12H18N2O3S/c1-10(13)11-2-4-12(5-3-11)18(15,16)14-6-8-17-9-7-14/h2-5,10H,6-9,13H2,1H3. The minimum atomic E-state index is -3.39. The summed E-state index contributed by atoms with van der Waals surface area (Å²) in [4.78, 5) is 0.314. The minimum absolute atomic E-state index is 0.0925. The lowest BCUT2D eigenvalue weighted by molar-refractivity contribution is 0.0730. The Morgan fingerprint density at radius 3 is 2.28 bits per heavy atom. The number of ether oxygens (including phenoxy) is 1. The third-order valence-electron chi connectivity index (χ3n) is 3.01. The fraction of sp³-hybridized carbons (Fsp3) is 0.500. The van der Waals surface area contributed by atoms with Gasteiger partial charge in [0.2, 0.25) is 10.0 Å². The average Bonchev–Trinajstić information content (AvgIpc) is 2.40. The van der Waals surface area contributed by atoms with Crippen LogP contribution in [0.5, 0.6) is 0 Å². The van der Waals surface area contributed by atoms with Gasteiger partial charge < -0.3 is 10.5 Å². The molecular formula is C12H18N2O3S. The maximum Gasteiger partial charge on any atom is 0.243 e. The molecule has 0 amide bonds. The van der Waals surface area contributed by atoms with E-state index >= 15 is 0 Å². The third kappa shape index (κ3) is 2.72. The van der Waals surface area contributed by atoms with Crippen LogP contribution in [0.25, 0.3) is 0 Å². The number of sulfonamides is 1. The molecule has 0 aliphatic carbocycles. The number of morpholine rings is 1.